The number of nitrogens with one attached hydrogen (secondary N) is 1. The average Bonchev–Trinajstić information content (AvgIpc) is 3.33. The Kier molecular flexibility index (Phi) is 7.89. The molecule has 1 heterocycles. The number of rotatable bonds is 6. The first-order chi connectivity index (χ1) is 15.1. The van der Waals surface area contributed by atoms with Crippen molar-refractivity contribution in [2.75, 3.05) is 32.7 Å². The van der Waals surface area contributed by atoms with Crippen molar-refractivity contribution in [2.24, 2.45) is 11.8 Å². The maximum atomic E-state index is 13.3. The lowest BCUT2D eigenvalue weighted by Crippen LogP contribution is -2.58. The molecule has 2 saturated carbocycles. The third-order valence-corrected chi connectivity index (χ3v) is 7.83. The molecule has 0 bridgehead atoms. The maximum absolute atomic E-state index is 13.3. The molecule has 0 spiro atoms. The molecule has 1 atom stereocenters. The molecule has 1 aliphatic heterocycles. The van der Waals surface area contributed by atoms with Crippen molar-refractivity contribution in [3.63, 3.8) is 0 Å². The van der Waals surface area contributed by atoms with Gasteiger partial charge in [0, 0.05) is 32.7 Å². The molecule has 4 rings (SSSR count). The molecule has 3 aliphatic rings. The van der Waals surface area contributed by atoms with Gasteiger partial charge in [-0.2, -0.15) is 0 Å². The number of amides is 2. The van der Waals surface area contributed by atoms with E-state index in [0.717, 1.165) is 32.5 Å². The number of hydrogen-bond acceptors (Lipinski definition) is 3. The zero-order valence-electron chi connectivity index (χ0n) is 18.5. The van der Waals surface area contributed by atoms with Crippen LogP contribution in [0.5, 0.6) is 0 Å². The van der Waals surface area contributed by atoms with Gasteiger partial charge < -0.3 is 10.2 Å². The van der Waals surface area contributed by atoms with Crippen LogP contribution < -0.4 is 5.32 Å². The number of hydrogen-bond donors (Lipinski definition) is 1. The molecule has 1 unspecified atom stereocenters. The highest BCUT2D eigenvalue weighted by Crippen LogP contribution is 2.31. The van der Waals surface area contributed by atoms with Gasteiger partial charge in [0.25, 0.3) is 5.91 Å². The van der Waals surface area contributed by atoms with Crippen molar-refractivity contribution in [3.8, 4) is 0 Å². The van der Waals surface area contributed by atoms with Crippen LogP contribution in [-0.4, -0.2) is 60.4 Å². The molecule has 0 aromatic heterocycles. The summed E-state index contributed by atoms with van der Waals surface area (Å²) >= 11 is 6.23. The predicted octanol–water partition coefficient (Wildman–Crippen LogP) is 4.35. The Morgan fingerprint density at radius 1 is 0.935 bits per heavy atom. The van der Waals surface area contributed by atoms with Gasteiger partial charge in [0.15, 0.2) is 0 Å². The molecule has 1 N–H and O–H groups in total. The van der Waals surface area contributed by atoms with E-state index in [2.05, 4.69) is 10.2 Å². The van der Waals surface area contributed by atoms with Crippen molar-refractivity contribution in [1.29, 1.82) is 0 Å². The number of carbonyl (C=O) groups is 2. The molecule has 1 saturated heterocycles. The quantitative estimate of drug-likeness (QED) is 0.708. The molecule has 5 nitrogen and oxygen atoms in total. The second kappa shape index (κ2) is 10.8. The van der Waals surface area contributed by atoms with E-state index in [0.29, 0.717) is 35.5 Å². The smallest absolute Gasteiger partial charge is 0.255 e. The number of piperazine rings is 1. The van der Waals surface area contributed by atoms with E-state index in [-0.39, 0.29) is 17.9 Å². The normalized spacial score (nSPS) is 22.4. The van der Waals surface area contributed by atoms with Crippen LogP contribution in [0, 0.1) is 11.8 Å². The third kappa shape index (κ3) is 5.61. The van der Waals surface area contributed by atoms with E-state index in [4.69, 9.17) is 11.6 Å². The highest BCUT2D eigenvalue weighted by Gasteiger charge is 2.37. The Morgan fingerprint density at radius 3 is 2.26 bits per heavy atom. The largest absolute Gasteiger partial charge is 0.354 e. The van der Waals surface area contributed by atoms with Gasteiger partial charge >= 0.3 is 0 Å². The van der Waals surface area contributed by atoms with E-state index >= 15 is 0 Å². The van der Waals surface area contributed by atoms with E-state index in [9.17, 15) is 9.59 Å². The fourth-order valence-corrected chi connectivity index (χ4v) is 5.92. The topological polar surface area (TPSA) is 52.7 Å². The standard InChI is InChI=1S/C25H36ClN3O2/c26-22-13-7-6-12-21(22)25(31)29-16-14-28(15-17-29)23(20-10-4-5-11-20)24(30)27-18-19-8-2-1-3-9-19/h6-7,12-13,19-20,23H,1-5,8-11,14-18H2,(H,27,30). The molecule has 3 fully saturated rings. The van der Waals surface area contributed by atoms with Crippen LogP contribution >= 0.6 is 11.6 Å². The van der Waals surface area contributed by atoms with E-state index in [1.54, 1.807) is 12.1 Å². The van der Waals surface area contributed by atoms with Gasteiger partial charge in [0.2, 0.25) is 5.91 Å². The summed E-state index contributed by atoms with van der Waals surface area (Å²) in [5.41, 5.74) is 0.565. The van der Waals surface area contributed by atoms with Gasteiger partial charge in [0.1, 0.15) is 0 Å². The first kappa shape index (κ1) is 22.6. The van der Waals surface area contributed by atoms with Gasteiger partial charge in [-0.1, -0.05) is 55.8 Å². The molecule has 170 valence electrons. The van der Waals surface area contributed by atoms with Gasteiger partial charge in [0.05, 0.1) is 16.6 Å². The highest BCUT2D eigenvalue weighted by atomic mass is 35.5. The summed E-state index contributed by atoms with van der Waals surface area (Å²) in [5.74, 6) is 1.29. The molecule has 2 aliphatic carbocycles. The van der Waals surface area contributed by atoms with E-state index in [1.165, 1.54) is 44.9 Å². The fraction of sp³-hybridized carbons (Fsp3) is 0.680. The summed E-state index contributed by atoms with van der Waals surface area (Å²) in [4.78, 5) is 30.4. The molecular formula is C25H36ClN3O2. The average molecular weight is 446 g/mol. The van der Waals surface area contributed by atoms with Crippen LogP contribution in [0.1, 0.15) is 68.1 Å². The zero-order valence-corrected chi connectivity index (χ0v) is 19.3. The number of halogens is 1. The Balaban J connectivity index is 1.36. The number of benzene rings is 1. The van der Waals surface area contributed by atoms with Crippen LogP contribution in [0.2, 0.25) is 5.02 Å². The minimum atomic E-state index is -0.0522. The lowest BCUT2D eigenvalue weighted by Gasteiger charge is -2.41. The van der Waals surface area contributed by atoms with Crippen LogP contribution in [-0.2, 0) is 4.79 Å². The molecule has 0 radical (unpaired) electrons. The summed E-state index contributed by atoms with van der Waals surface area (Å²) in [6, 6.07) is 7.19. The van der Waals surface area contributed by atoms with E-state index < -0.39 is 0 Å². The molecule has 1 aromatic carbocycles. The van der Waals surface area contributed by atoms with Crippen LogP contribution in [0.4, 0.5) is 0 Å². The Bertz CT molecular complexity index is 751. The van der Waals surface area contributed by atoms with Crippen LogP contribution in [0.15, 0.2) is 24.3 Å². The number of carbonyl (C=O) groups excluding carboxylic acids is 2. The monoisotopic (exact) mass is 445 g/mol. The van der Waals surface area contributed by atoms with E-state index in [1.807, 2.05) is 17.0 Å². The van der Waals surface area contributed by atoms with Gasteiger partial charge in [-0.25, -0.2) is 0 Å². The van der Waals surface area contributed by atoms with Crippen LogP contribution in [0.25, 0.3) is 0 Å². The van der Waals surface area contributed by atoms with Crippen molar-refractivity contribution in [2.45, 2.75) is 63.8 Å². The van der Waals surface area contributed by atoms with Gasteiger partial charge in [-0.15, -0.1) is 0 Å². The predicted molar refractivity (Wildman–Crippen MR) is 124 cm³/mol. The van der Waals surface area contributed by atoms with Crippen molar-refractivity contribution < 1.29 is 9.59 Å². The van der Waals surface area contributed by atoms with Gasteiger partial charge in [-0.3, -0.25) is 14.5 Å². The molecule has 1 aromatic rings. The lowest BCUT2D eigenvalue weighted by atomic mass is 9.89. The van der Waals surface area contributed by atoms with Crippen molar-refractivity contribution in [1.82, 2.24) is 15.1 Å². The lowest BCUT2D eigenvalue weighted by molar-refractivity contribution is -0.129. The second-order valence-electron chi connectivity index (χ2n) is 9.55. The Morgan fingerprint density at radius 2 is 1.58 bits per heavy atom. The SMILES string of the molecule is O=C(NCC1CCCCC1)C(C1CCCC1)N1CCN(C(=O)c2ccccc2Cl)CC1. The summed E-state index contributed by atoms with van der Waals surface area (Å²) in [5, 5.41) is 3.82. The molecular weight excluding hydrogens is 410 g/mol. The zero-order chi connectivity index (χ0) is 21.6. The fourth-order valence-electron chi connectivity index (χ4n) is 5.70. The molecule has 2 amide bonds. The van der Waals surface area contributed by atoms with Crippen molar-refractivity contribution >= 4 is 23.4 Å². The number of nitrogens with zero attached hydrogens (tertiary/aromatic N) is 2. The maximum Gasteiger partial charge on any atom is 0.255 e. The summed E-state index contributed by atoms with van der Waals surface area (Å²) in [6.45, 7) is 3.60. The highest BCUT2D eigenvalue weighted by molar-refractivity contribution is 6.33. The molecule has 6 heteroatoms. The summed E-state index contributed by atoms with van der Waals surface area (Å²) in [7, 11) is 0. The first-order valence-electron chi connectivity index (χ1n) is 12.2. The Labute approximate surface area is 191 Å². The van der Waals surface area contributed by atoms with Crippen molar-refractivity contribution in [3.05, 3.63) is 34.9 Å². The molecule has 31 heavy (non-hydrogen) atoms. The summed E-state index contributed by atoms with van der Waals surface area (Å²) < 4.78 is 0. The Hall–Kier alpha value is -1.59. The summed E-state index contributed by atoms with van der Waals surface area (Å²) in [6.07, 6.45) is 11.2. The first-order valence-corrected chi connectivity index (χ1v) is 12.6. The second-order valence-corrected chi connectivity index (χ2v) is 9.95. The van der Waals surface area contributed by atoms with Gasteiger partial charge in [-0.05, 0) is 49.7 Å². The van der Waals surface area contributed by atoms with Crippen LogP contribution in [0.3, 0.4) is 0 Å². The minimum Gasteiger partial charge on any atom is -0.354 e. The third-order valence-electron chi connectivity index (χ3n) is 7.50. The minimum absolute atomic E-state index is 0.00980.